The van der Waals surface area contributed by atoms with E-state index in [1.807, 2.05) is 42.5 Å². The molecular formula is C18H22N2O3. The molecule has 0 aliphatic carbocycles. The lowest BCUT2D eigenvalue weighted by Gasteiger charge is -2.22. The number of carbonyl (C=O) groups excluding carboxylic acids is 2. The molecule has 0 atom stereocenters. The first-order valence-electron chi connectivity index (χ1n) is 7.47. The number of nitrogens with zero attached hydrogens (tertiary/aromatic N) is 1. The molecule has 0 heterocycles. The van der Waals surface area contributed by atoms with Crippen molar-refractivity contribution in [2.45, 2.75) is 26.4 Å². The van der Waals surface area contributed by atoms with E-state index in [1.54, 1.807) is 27.8 Å². The summed E-state index contributed by atoms with van der Waals surface area (Å²) < 4.78 is 5.21. The number of hydrogen-bond acceptors (Lipinski definition) is 3. The van der Waals surface area contributed by atoms with Crippen molar-refractivity contribution in [1.29, 1.82) is 0 Å². The summed E-state index contributed by atoms with van der Waals surface area (Å²) in [5.74, 6) is -0.436. The van der Waals surface area contributed by atoms with Gasteiger partial charge >= 0.3 is 12.0 Å². The normalized spacial score (nSPS) is 11.1. The molecule has 2 amide bonds. The SMILES string of the molecule is CN(CC(=O)OC(C)(C)C)C(=O)Nc1ccc2ccccc2c1. The number of nitrogens with one attached hydrogen (secondary N) is 1. The summed E-state index contributed by atoms with van der Waals surface area (Å²) in [5.41, 5.74) is 0.122. The molecule has 0 unspecified atom stereocenters. The quantitative estimate of drug-likeness (QED) is 0.880. The Labute approximate surface area is 136 Å². The van der Waals surface area contributed by atoms with Crippen LogP contribution in [0.15, 0.2) is 42.5 Å². The van der Waals surface area contributed by atoms with Gasteiger partial charge in [0.15, 0.2) is 0 Å². The second kappa shape index (κ2) is 6.69. The van der Waals surface area contributed by atoms with Crippen molar-refractivity contribution in [1.82, 2.24) is 4.90 Å². The monoisotopic (exact) mass is 314 g/mol. The van der Waals surface area contributed by atoms with E-state index in [0.717, 1.165) is 10.8 Å². The summed E-state index contributed by atoms with van der Waals surface area (Å²) in [7, 11) is 1.56. The van der Waals surface area contributed by atoms with Crippen LogP contribution in [-0.2, 0) is 9.53 Å². The van der Waals surface area contributed by atoms with Gasteiger partial charge in [-0.2, -0.15) is 0 Å². The number of rotatable bonds is 3. The van der Waals surface area contributed by atoms with E-state index in [4.69, 9.17) is 4.74 Å². The van der Waals surface area contributed by atoms with Crippen molar-refractivity contribution >= 4 is 28.5 Å². The lowest BCUT2D eigenvalue weighted by Crippen LogP contribution is -2.38. The Kier molecular flexibility index (Phi) is 4.89. The van der Waals surface area contributed by atoms with Crippen molar-refractivity contribution in [3.05, 3.63) is 42.5 Å². The smallest absolute Gasteiger partial charge is 0.326 e. The number of esters is 1. The van der Waals surface area contributed by atoms with E-state index in [9.17, 15) is 9.59 Å². The van der Waals surface area contributed by atoms with Gasteiger partial charge in [-0.1, -0.05) is 30.3 Å². The zero-order valence-electron chi connectivity index (χ0n) is 13.9. The molecular weight excluding hydrogens is 292 g/mol. The minimum atomic E-state index is -0.563. The van der Waals surface area contributed by atoms with E-state index in [1.165, 1.54) is 4.90 Å². The highest BCUT2D eigenvalue weighted by Gasteiger charge is 2.19. The summed E-state index contributed by atoms with van der Waals surface area (Å²) in [6.45, 7) is 5.27. The molecule has 0 aliphatic heterocycles. The van der Waals surface area contributed by atoms with Gasteiger partial charge in [0.25, 0.3) is 0 Å². The summed E-state index contributed by atoms with van der Waals surface area (Å²) in [6.07, 6.45) is 0. The fraction of sp³-hybridized carbons (Fsp3) is 0.333. The molecule has 0 spiro atoms. The Morgan fingerprint density at radius 1 is 1.09 bits per heavy atom. The number of carbonyl (C=O) groups is 2. The zero-order valence-corrected chi connectivity index (χ0v) is 13.9. The van der Waals surface area contributed by atoms with E-state index in [2.05, 4.69) is 5.32 Å². The number of amides is 2. The molecule has 5 nitrogen and oxygen atoms in total. The van der Waals surface area contributed by atoms with Crippen LogP contribution in [0.3, 0.4) is 0 Å². The van der Waals surface area contributed by atoms with Crippen LogP contribution in [-0.4, -0.2) is 36.1 Å². The van der Waals surface area contributed by atoms with Gasteiger partial charge in [0.2, 0.25) is 0 Å². The highest BCUT2D eigenvalue weighted by atomic mass is 16.6. The molecule has 0 aliphatic rings. The Morgan fingerprint density at radius 2 is 1.74 bits per heavy atom. The first-order chi connectivity index (χ1) is 10.7. The van der Waals surface area contributed by atoms with Gasteiger partial charge in [-0.3, -0.25) is 4.79 Å². The highest BCUT2D eigenvalue weighted by Crippen LogP contribution is 2.19. The molecule has 2 aromatic rings. The van der Waals surface area contributed by atoms with Crippen LogP contribution in [0.4, 0.5) is 10.5 Å². The maximum absolute atomic E-state index is 12.2. The molecule has 2 rings (SSSR count). The van der Waals surface area contributed by atoms with Crippen molar-refractivity contribution in [2.24, 2.45) is 0 Å². The van der Waals surface area contributed by atoms with Gasteiger partial charge in [-0.15, -0.1) is 0 Å². The topological polar surface area (TPSA) is 58.6 Å². The van der Waals surface area contributed by atoms with E-state index in [-0.39, 0.29) is 12.6 Å². The van der Waals surface area contributed by atoms with Gasteiger partial charge in [0.1, 0.15) is 12.1 Å². The number of urea groups is 1. The lowest BCUT2D eigenvalue weighted by molar-refractivity contribution is -0.155. The average molecular weight is 314 g/mol. The van der Waals surface area contributed by atoms with Gasteiger partial charge < -0.3 is 15.0 Å². The van der Waals surface area contributed by atoms with E-state index in [0.29, 0.717) is 5.69 Å². The van der Waals surface area contributed by atoms with Crippen LogP contribution in [0.2, 0.25) is 0 Å². The molecule has 5 heteroatoms. The van der Waals surface area contributed by atoms with E-state index < -0.39 is 11.6 Å². The van der Waals surface area contributed by atoms with Crippen molar-refractivity contribution in [3.63, 3.8) is 0 Å². The number of fused-ring (bicyclic) bond motifs is 1. The van der Waals surface area contributed by atoms with Crippen LogP contribution in [0.1, 0.15) is 20.8 Å². The lowest BCUT2D eigenvalue weighted by atomic mass is 10.1. The van der Waals surface area contributed by atoms with Crippen LogP contribution >= 0.6 is 0 Å². The molecule has 23 heavy (non-hydrogen) atoms. The summed E-state index contributed by atoms with van der Waals surface area (Å²) >= 11 is 0. The standard InChI is InChI=1S/C18H22N2O3/c1-18(2,3)23-16(21)12-20(4)17(22)19-15-10-9-13-7-5-6-8-14(13)11-15/h5-11H,12H2,1-4H3,(H,19,22). The van der Waals surface area contributed by atoms with Crippen molar-refractivity contribution < 1.29 is 14.3 Å². The predicted molar refractivity (Wildman–Crippen MR) is 91.4 cm³/mol. The third-order valence-electron chi connectivity index (χ3n) is 3.13. The molecule has 0 bridgehead atoms. The fourth-order valence-corrected chi connectivity index (χ4v) is 2.13. The molecule has 0 saturated carbocycles. The summed E-state index contributed by atoms with van der Waals surface area (Å²) in [6, 6.07) is 13.2. The Hall–Kier alpha value is -2.56. The van der Waals surface area contributed by atoms with Crippen LogP contribution in [0, 0.1) is 0 Å². The number of hydrogen-bond donors (Lipinski definition) is 1. The zero-order chi connectivity index (χ0) is 17.0. The average Bonchev–Trinajstić information content (AvgIpc) is 2.45. The third-order valence-corrected chi connectivity index (χ3v) is 3.13. The minimum Gasteiger partial charge on any atom is -0.459 e. The number of anilines is 1. The largest absolute Gasteiger partial charge is 0.459 e. The maximum atomic E-state index is 12.2. The first-order valence-corrected chi connectivity index (χ1v) is 7.47. The fourth-order valence-electron chi connectivity index (χ4n) is 2.13. The van der Waals surface area contributed by atoms with Gasteiger partial charge in [0, 0.05) is 12.7 Å². The molecule has 0 radical (unpaired) electrons. The van der Waals surface area contributed by atoms with Crippen molar-refractivity contribution in [3.8, 4) is 0 Å². The molecule has 0 saturated heterocycles. The van der Waals surface area contributed by atoms with Crippen LogP contribution in [0.25, 0.3) is 10.8 Å². The second-order valence-electron chi connectivity index (χ2n) is 6.43. The Bertz CT molecular complexity index is 720. The summed E-state index contributed by atoms with van der Waals surface area (Å²) in [5, 5.41) is 4.93. The maximum Gasteiger partial charge on any atom is 0.326 e. The Balaban J connectivity index is 1.98. The molecule has 122 valence electrons. The third kappa shape index (κ3) is 4.98. The van der Waals surface area contributed by atoms with Crippen LogP contribution < -0.4 is 5.32 Å². The second-order valence-corrected chi connectivity index (χ2v) is 6.43. The summed E-state index contributed by atoms with van der Waals surface area (Å²) in [4.78, 5) is 25.2. The van der Waals surface area contributed by atoms with E-state index >= 15 is 0 Å². The first kappa shape index (κ1) is 16.8. The number of likely N-dealkylation sites (N-methyl/N-ethyl adjacent to an activating group) is 1. The Morgan fingerprint density at radius 3 is 2.39 bits per heavy atom. The van der Waals surface area contributed by atoms with Gasteiger partial charge in [-0.25, -0.2) is 4.79 Å². The highest BCUT2D eigenvalue weighted by molar-refractivity contribution is 5.94. The predicted octanol–water partition coefficient (Wildman–Crippen LogP) is 3.65. The number of benzene rings is 2. The molecule has 1 N–H and O–H groups in total. The molecule has 0 fully saturated rings. The van der Waals surface area contributed by atoms with Gasteiger partial charge in [-0.05, 0) is 43.7 Å². The minimum absolute atomic E-state index is 0.101. The number of ether oxygens (including phenoxy) is 1. The van der Waals surface area contributed by atoms with Crippen molar-refractivity contribution in [2.75, 3.05) is 18.9 Å². The van der Waals surface area contributed by atoms with Gasteiger partial charge in [0.05, 0.1) is 0 Å². The molecule has 2 aromatic carbocycles. The van der Waals surface area contributed by atoms with Crippen LogP contribution in [0.5, 0.6) is 0 Å². The molecule has 0 aromatic heterocycles.